The van der Waals surface area contributed by atoms with E-state index in [2.05, 4.69) is 10.4 Å². The van der Waals surface area contributed by atoms with Gasteiger partial charge in [-0.05, 0) is 13.3 Å². The fourth-order valence-corrected chi connectivity index (χ4v) is 1.39. The highest BCUT2D eigenvalue weighted by Gasteiger charge is 2.27. The van der Waals surface area contributed by atoms with Gasteiger partial charge in [-0.2, -0.15) is 5.10 Å². The van der Waals surface area contributed by atoms with Crippen molar-refractivity contribution >= 4 is 24.1 Å². The summed E-state index contributed by atoms with van der Waals surface area (Å²) in [6.45, 7) is 3.74. The van der Waals surface area contributed by atoms with Crippen molar-refractivity contribution in [3.8, 4) is 0 Å². The molecule has 1 aromatic rings. The van der Waals surface area contributed by atoms with Crippen molar-refractivity contribution in [1.82, 2.24) is 9.78 Å². The van der Waals surface area contributed by atoms with Gasteiger partial charge in [-0.3, -0.25) is 9.48 Å². The van der Waals surface area contributed by atoms with Crippen LogP contribution < -0.4 is 11.1 Å². The van der Waals surface area contributed by atoms with Gasteiger partial charge in [0.2, 0.25) is 5.91 Å². The summed E-state index contributed by atoms with van der Waals surface area (Å²) < 4.78 is 1.60. The van der Waals surface area contributed by atoms with E-state index in [1.165, 1.54) is 0 Å². The largest absolute Gasteiger partial charge is 0.318 e. The molecule has 1 rings (SSSR count). The van der Waals surface area contributed by atoms with E-state index in [1.807, 2.05) is 6.92 Å². The summed E-state index contributed by atoms with van der Waals surface area (Å²) in [5, 5.41) is 6.71. The van der Waals surface area contributed by atoms with E-state index >= 15 is 0 Å². The average molecular weight is 247 g/mol. The standard InChI is InChI=1S/C10H18N4O.ClH/c1-4-6-10(2,11)9(15)13-8-5-7-12-14(8)3;/h5,7H,4,6,11H2,1-3H3,(H,13,15);1H. The number of rotatable bonds is 4. The smallest absolute Gasteiger partial charge is 0.245 e. The first kappa shape index (κ1) is 14.9. The predicted molar refractivity (Wildman–Crippen MR) is 66.6 cm³/mol. The Hall–Kier alpha value is -1.07. The maximum Gasteiger partial charge on any atom is 0.245 e. The molecule has 0 bridgehead atoms. The van der Waals surface area contributed by atoms with E-state index in [1.54, 1.807) is 30.9 Å². The Morgan fingerprint density at radius 1 is 1.69 bits per heavy atom. The highest BCUT2D eigenvalue weighted by atomic mass is 35.5. The van der Waals surface area contributed by atoms with Gasteiger partial charge in [-0.1, -0.05) is 13.3 Å². The maximum atomic E-state index is 11.8. The van der Waals surface area contributed by atoms with Crippen molar-refractivity contribution in [2.24, 2.45) is 12.8 Å². The van der Waals surface area contributed by atoms with Crippen molar-refractivity contribution in [1.29, 1.82) is 0 Å². The molecule has 0 aliphatic heterocycles. The Labute approximate surface area is 102 Å². The fraction of sp³-hybridized carbons (Fsp3) is 0.600. The van der Waals surface area contributed by atoms with Crippen molar-refractivity contribution in [3.63, 3.8) is 0 Å². The first-order chi connectivity index (χ1) is 6.97. The molecular formula is C10H19ClN4O. The van der Waals surface area contributed by atoms with Crippen molar-refractivity contribution in [3.05, 3.63) is 12.3 Å². The van der Waals surface area contributed by atoms with Crippen LogP contribution in [0.4, 0.5) is 5.82 Å². The molecular weight excluding hydrogens is 228 g/mol. The molecule has 0 fully saturated rings. The van der Waals surface area contributed by atoms with E-state index < -0.39 is 5.54 Å². The molecule has 0 radical (unpaired) electrons. The number of hydrogen-bond donors (Lipinski definition) is 2. The first-order valence-corrected chi connectivity index (χ1v) is 5.05. The number of halogens is 1. The number of nitrogens with one attached hydrogen (secondary N) is 1. The third kappa shape index (κ3) is 3.50. The molecule has 0 aliphatic carbocycles. The summed E-state index contributed by atoms with van der Waals surface area (Å²) in [6.07, 6.45) is 3.17. The minimum Gasteiger partial charge on any atom is -0.318 e. The van der Waals surface area contributed by atoms with E-state index in [4.69, 9.17) is 5.73 Å². The van der Waals surface area contributed by atoms with E-state index in [0.717, 1.165) is 6.42 Å². The van der Waals surface area contributed by atoms with Gasteiger partial charge in [0.25, 0.3) is 0 Å². The second kappa shape index (κ2) is 5.86. The normalized spacial score (nSPS) is 13.8. The third-order valence-corrected chi connectivity index (χ3v) is 2.35. The summed E-state index contributed by atoms with van der Waals surface area (Å²) in [7, 11) is 1.77. The molecule has 0 saturated carbocycles. The molecule has 6 heteroatoms. The second-order valence-corrected chi connectivity index (χ2v) is 3.96. The Bertz CT molecular complexity index is 348. The van der Waals surface area contributed by atoms with Crippen LogP contribution in [0.25, 0.3) is 0 Å². The van der Waals surface area contributed by atoms with E-state index in [9.17, 15) is 4.79 Å². The second-order valence-electron chi connectivity index (χ2n) is 3.96. The zero-order valence-electron chi connectivity index (χ0n) is 9.86. The van der Waals surface area contributed by atoms with Gasteiger partial charge in [-0.15, -0.1) is 12.4 Å². The lowest BCUT2D eigenvalue weighted by Crippen LogP contribution is -2.48. The Balaban J connectivity index is 0.00000225. The Morgan fingerprint density at radius 2 is 2.31 bits per heavy atom. The lowest BCUT2D eigenvalue weighted by atomic mass is 9.97. The van der Waals surface area contributed by atoms with Gasteiger partial charge >= 0.3 is 0 Å². The van der Waals surface area contributed by atoms with E-state index in [0.29, 0.717) is 12.2 Å². The van der Waals surface area contributed by atoms with Gasteiger partial charge in [-0.25, -0.2) is 0 Å². The minimum absolute atomic E-state index is 0. The SMILES string of the molecule is CCCC(C)(N)C(=O)Nc1ccnn1C.Cl. The lowest BCUT2D eigenvalue weighted by Gasteiger charge is -2.22. The molecule has 0 saturated heterocycles. The molecule has 92 valence electrons. The lowest BCUT2D eigenvalue weighted by molar-refractivity contribution is -0.120. The highest BCUT2D eigenvalue weighted by Crippen LogP contribution is 2.12. The zero-order chi connectivity index (χ0) is 11.5. The van der Waals surface area contributed by atoms with Crippen molar-refractivity contribution in [2.75, 3.05) is 5.32 Å². The van der Waals surface area contributed by atoms with Crippen LogP contribution in [0, 0.1) is 0 Å². The number of anilines is 1. The van der Waals surface area contributed by atoms with Crippen LogP contribution in [-0.2, 0) is 11.8 Å². The van der Waals surface area contributed by atoms with Crippen LogP contribution in [0.3, 0.4) is 0 Å². The summed E-state index contributed by atoms with van der Waals surface area (Å²) in [4.78, 5) is 11.8. The molecule has 1 unspecified atom stereocenters. The van der Waals surface area contributed by atoms with Crippen LogP contribution in [0.1, 0.15) is 26.7 Å². The molecule has 0 aliphatic rings. The summed E-state index contributed by atoms with van der Waals surface area (Å²) in [5.41, 5.74) is 5.08. The van der Waals surface area contributed by atoms with Crippen LogP contribution in [0.5, 0.6) is 0 Å². The molecule has 5 nitrogen and oxygen atoms in total. The van der Waals surface area contributed by atoms with Gasteiger partial charge in [0, 0.05) is 13.1 Å². The number of aryl methyl sites for hydroxylation is 1. The van der Waals surface area contributed by atoms with Crippen LogP contribution >= 0.6 is 12.4 Å². The molecule has 1 atom stereocenters. The molecule has 16 heavy (non-hydrogen) atoms. The summed E-state index contributed by atoms with van der Waals surface area (Å²) in [5.74, 6) is 0.487. The topological polar surface area (TPSA) is 72.9 Å². The number of nitrogens with zero attached hydrogens (tertiary/aromatic N) is 2. The quantitative estimate of drug-likeness (QED) is 0.841. The molecule has 3 N–H and O–H groups in total. The third-order valence-electron chi connectivity index (χ3n) is 2.35. The maximum absolute atomic E-state index is 11.8. The Morgan fingerprint density at radius 3 is 2.75 bits per heavy atom. The van der Waals surface area contributed by atoms with Gasteiger partial charge < -0.3 is 11.1 Å². The van der Waals surface area contributed by atoms with Crippen molar-refractivity contribution in [2.45, 2.75) is 32.2 Å². The number of carbonyl (C=O) groups is 1. The zero-order valence-corrected chi connectivity index (χ0v) is 10.7. The average Bonchev–Trinajstić information content (AvgIpc) is 2.52. The number of hydrogen-bond acceptors (Lipinski definition) is 3. The number of amides is 1. The van der Waals surface area contributed by atoms with Gasteiger partial charge in [0.1, 0.15) is 5.82 Å². The van der Waals surface area contributed by atoms with Crippen LogP contribution in [0.15, 0.2) is 12.3 Å². The van der Waals surface area contributed by atoms with Gasteiger partial charge in [0.15, 0.2) is 0 Å². The van der Waals surface area contributed by atoms with Crippen molar-refractivity contribution < 1.29 is 4.79 Å². The Kier molecular flexibility index (Phi) is 5.47. The monoisotopic (exact) mass is 246 g/mol. The minimum atomic E-state index is -0.820. The molecule has 0 spiro atoms. The number of nitrogens with two attached hydrogens (primary N) is 1. The highest BCUT2D eigenvalue weighted by molar-refractivity contribution is 5.96. The predicted octanol–water partition coefficient (Wildman–Crippen LogP) is 1.30. The molecule has 1 aromatic heterocycles. The summed E-state index contributed by atoms with van der Waals surface area (Å²) >= 11 is 0. The number of carbonyl (C=O) groups excluding carboxylic acids is 1. The molecule has 1 heterocycles. The summed E-state index contributed by atoms with van der Waals surface area (Å²) in [6, 6.07) is 1.74. The van der Waals surface area contributed by atoms with Crippen LogP contribution in [-0.4, -0.2) is 21.2 Å². The molecule has 1 amide bonds. The van der Waals surface area contributed by atoms with Gasteiger partial charge in [0.05, 0.1) is 11.7 Å². The fourth-order valence-electron chi connectivity index (χ4n) is 1.39. The number of aromatic nitrogens is 2. The van der Waals surface area contributed by atoms with E-state index in [-0.39, 0.29) is 18.3 Å². The first-order valence-electron chi connectivity index (χ1n) is 5.05. The van der Waals surface area contributed by atoms with Crippen LogP contribution in [0.2, 0.25) is 0 Å². The molecule has 0 aromatic carbocycles.